The van der Waals surface area contributed by atoms with E-state index in [9.17, 15) is 18.0 Å². The van der Waals surface area contributed by atoms with Gasteiger partial charge in [-0.05, 0) is 24.1 Å². The van der Waals surface area contributed by atoms with Crippen LogP contribution in [0.15, 0.2) is 24.3 Å². The minimum Gasteiger partial charge on any atom is -0.465 e. The Hall–Kier alpha value is -1.93. The van der Waals surface area contributed by atoms with Crippen LogP contribution in [-0.4, -0.2) is 51.1 Å². The molecule has 0 spiro atoms. The van der Waals surface area contributed by atoms with Crippen LogP contribution in [0.1, 0.15) is 30.6 Å². The molecule has 0 saturated heterocycles. The molecule has 0 saturated carbocycles. The van der Waals surface area contributed by atoms with Crippen LogP contribution in [-0.2, 0) is 19.6 Å². The van der Waals surface area contributed by atoms with Gasteiger partial charge in [0.15, 0.2) is 0 Å². The lowest BCUT2D eigenvalue weighted by molar-refractivity contribution is -0.116. The van der Waals surface area contributed by atoms with Gasteiger partial charge in [0.05, 0.1) is 18.9 Å². The van der Waals surface area contributed by atoms with Gasteiger partial charge in [0, 0.05) is 25.2 Å². The standard InChI is InChI=1S/C16H24N2O5S/c1-12(2)11-18(24(4,21)22)9-8-15(19)17-14-7-5-6-13(10-14)16(20)23-3/h5-7,10,12H,8-9,11H2,1-4H3,(H,17,19). The zero-order valence-electron chi connectivity index (χ0n) is 14.4. The topological polar surface area (TPSA) is 92.8 Å². The van der Waals surface area contributed by atoms with Crippen LogP contribution in [0.4, 0.5) is 5.69 Å². The molecule has 0 aliphatic carbocycles. The Kier molecular flexibility index (Phi) is 7.37. The first-order chi connectivity index (χ1) is 11.1. The van der Waals surface area contributed by atoms with E-state index in [0.717, 1.165) is 6.26 Å². The summed E-state index contributed by atoms with van der Waals surface area (Å²) < 4.78 is 29.4. The number of sulfonamides is 1. The smallest absolute Gasteiger partial charge is 0.337 e. The average Bonchev–Trinajstić information content (AvgIpc) is 2.49. The van der Waals surface area contributed by atoms with Gasteiger partial charge in [-0.25, -0.2) is 17.5 Å². The summed E-state index contributed by atoms with van der Waals surface area (Å²) in [6.07, 6.45) is 1.16. The number of esters is 1. The van der Waals surface area contributed by atoms with Gasteiger partial charge < -0.3 is 10.1 Å². The number of ether oxygens (including phenoxy) is 1. The molecule has 0 aliphatic heterocycles. The summed E-state index contributed by atoms with van der Waals surface area (Å²) >= 11 is 0. The molecule has 1 amide bonds. The number of amides is 1. The highest BCUT2D eigenvalue weighted by molar-refractivity contribution is 7.88. The monoisotopic (exact) mass is 356 g/mol. The number of methoxy groups -OCH3 is 1. The molecule has 1 aromatic carbocycles. The Morgan fingerprint density at radius 1 is 1.29 bits per heavy atom. The van der Waals surface area contributed by atoms with E-state index >= 15 is 0 Å². The Labute approximate surface area is 143 Å². The number of benzene rings is 1. The number of anilines is 1. The molecular weight excluding hydrogens is 332 g/mol. The second-order valence-electron chi connectivity index (χ2n) is 5.89. The molecule has 0 bridgehead atoms. The summed E-state index contributed by atoms with van der Waals surface area (Å²) in [7, 11) is -2.08. The van der Waals surface area contributed by atoms with Crippen molar-refractivity contribution in [2.45, 2.75) is 20.3 Å². The van der Waals surface area contributed by atoms with Crippen molar-refractivity contribution in [3.63, 3.8) is 0 Å². The Morgan fingerprint density at radius 2 is 1.96 bits per heavy atom. The van der Waals surface area contributed by atoms with Gasteiger partial charge in [-0.3, -0.25) is 4.79 Å². The Bertz CT molecular complexity index is 685. The van der Waals surface area contributed by atoms with Crippen molar-refractivity contribution >= 4 is 27.6 Å². The van der Waals surface area contributed by atoms with Gasteiger partial charge in [-0.1, -0.05) is 19.9 Å². The van der Waals surface area contributed by atoms with E-state index < -0.39 is 16.0 Å². The van der Waals surface area contributed by atoms with E-state index in [0.29, 0.717) is 17.8 Å². The third-order valence-electron chi connectivity index (χ3n) is 3.19. The van der Waals surface area contributed by atoms with Gasteiger partial charge in [0.2, 0.25) is 15.9 Å². The molecule has 8 heteroatoms. The van der Waals surface area contributed by atoms with Crippen molar-refractivity contribution in [3.05, 3.63) is 29.8 Å². The normalized spacial score (nSPS) is 11.6. The number of carbonyl (C=O) groups excluding carboxylic acids is 2. The number of hydrogen-bond acceptors (Lipinski definition) is 5. The van der Waals surface area contributed by atoms with Crippen LogP contribution in [0.2, 0.25) is 0 Å². The first kappa shape index (κ1) is 20.1. The molecule has 0 heterocycles. The summed E-state index contributed by atoms with van der Waals surface area (Å²) in [6, 6.07) is 6.36. The fraction of sp³-hybridized carbons (Fsp3) is 0.500. The molecule has 1 aromatic rings. The van der Waals surface area contributed by atoms with Crippen LogP contribution in [0.3, 0.4) is 0 Å². The minimum absolute atomic E-state index is 0.0300. The Balaban J connectivity index is 2.67. The second kappa shape index (κ2) is 8.79. The summed E-state index contributed by atoms with van der Waals surface area (Å²) in [5, 5.41) is 2.65. The van der Waals surface area contributed by atoms with E-state index in [2.05, 4.69) is 10.1 Å². The lowest BCUT2D eigenvalue weighted by atomic mass is 10.2. The maximum atomic E-state index is 12.0. The minimum atomic E-state index is -3.36. The molecule has 0 aliphatic rings. The molecule has 0 aromatic heterocycles. The lowest BCUT2D eigenvalue weighted by Gasteiger charge is -2.21. The third kappa shape index (κ3) is 6.67. The lowest BCUT2D eigenvalue weighted by Crippen LogP contribution is -2.35. The highest BCUT2D eigenvalue weighted by atomic mass is 32.2. The van der Waals surface area contributed by atoms with Crippen LogP contribution >= 0.6 is 0 Å². The fourth-order valence-corrected chi connectivity index (χ4v) is 3.08. The second-order valence-corrected chi connectivity index (χ2v) is 7.87. The van der Waals surface area contributed by atoms with E-state index in [1.807, 2.05) is 13.8 Å². The first-order valence-electron chi connectivity index (χ1n) is 7.57. The van der Waals surface area contributed by atoms with E-state index in [-0.39, 0.29) is 24.8 Å². The fourth-order valence-electron chi connectivity index (χ4n) is 2.09. The average molecular weight is 356 g/mol. The maximum Gasteiger partial charge on any atom is 0.337 e. The molecule has 7 nitrogen and oxygen atoms in total. The highest BCUT2D eigenvalue weighted by Gasteiger charge is 2.19. The number of hydrogen-bond donors (Lipinski definition) is 1. The molecule has 0 fully saturated rings. The van der Waals surface area contributed by atoms with Gasteiger partial charge in [0.1, 0.15) is 0 Å². The molecule has 0 radical (unpaired) electrons. The molecule has 0 unspecified atom stereocenters. The predicted octanol–water partition coefficient (Wildman–Crippen LogP) is 1.72. The first-order valence-corrected chi connectivity index (χ1v) is 9.41. The number of rotatable bonds is 8. The SMILES string of the molecule is COC(=O)c1cccc(NC(=O)CCN(CC(C)C)S(C)(=O)=O)c1. The molecule has 134 valence electrons. The van der Waals surface area contributed by atoms with Gasteiger partial charge in [-0.15, -0.1) is 0 Å². The van der Waals surface area contributed by atoms with E-state index in [1.54, 1.807) is 18.2 Å². The largest absolute Gasteiger partial charge is 0.465 e. The van der Waals surface area contributed by atoms with Gasteiger partial charge >= 0.3 is 5.97 Å². The van der Waals surface area contributed by atoms with Crippen LogP contribution in [0, 0.1) is 5.92 Å². The summed E-state index contributed by atoms with van der Waals surface area (Å²) in [6.45, 7) is 4.30. The van der Waals surface area contributed by atoms with E-state index in [4.69, 9.17) is 0 Å². The highest BCUT2D eigenvalue weighted by Crippen LogP contribution is 2.12. The van der Waals surface area contributed by atoms with Crippen molar-refractivity contribution in [2.24, 2.45) is 5.92 Å². The van der Waals surface area contributed by atoms with Crippen molar-refractivity contribution in [1.29, 1.82) is 0 Å². The van der Waals surface area contributed by atoms with Gasteiger partial charge in [0.25, 0.3) is 0 Å². The molecule has 1 rings (SSSR count). The Morgan fingerprint density at radius 3 is 2.50 bits per heavy atom. The predicted molar refractivity (Wildman–Crippen MR) is 92.3 cm³/mol. The number of nitrogens with zero attached hydrogens (tertiary/aromatic N) is 1. The van der Waals surface area contributed by atoms with Crippen LogP contribution < -0.4 is 5.32 Å². The van der Waals surface area contributed by atoms with E-state index in [1.165, 1.54) is 17.5 Å². The van der Waals surface area contributed by atoms with Gasteiger partial charge in [-0.2, -0.15) is 0 Å². The van der Waals surface area contributed by atoms with Crippen molar-refractivity contribution in [2.75, 3.05) is 31.8 Å². The molecular formula is C16H24N2O5S. The quantitative estimate of drug-likeness (QED) is 0.716. The number of nitrogens with one attached hydrogen (secondary N) is 1. The molecule has 0 atom stereocenters. The molecule has 24 heavy (non-hydrogen) atoms. The zero-order chi connectivity index (χ0) is 18.3. The maximum absolute atomic E-state index is 12.0. The molecule has 1 N–H and O–H groups in total. The third-order valence-corrected chi connectivity index (χ3v) is 4.46. The number of carbonyl (C=O) groups is 2. The van der Waals surface area contributed by atoms with Crippen molar-refractivity contribution in [1.82, 2.24) is 4.31 Å². The van der Waals surface area contributed by atoms with Crippen LogP contribution in [0.5, 0.6) is 0 Å². The van der Waals surface area contributed by atoms with Crippen molar-refractivity contribution < 1.29 is 22.7 Å². The summed E-state index contributed by atoms with van der Waals surface area (Å²) in [4.78, 5) is 23.5. The van der Waals surface area contributed by atoms with Crippen LogP contribution in [0.25, 0.3) is 0 Å². The van der Waals surface area contributed by atoms with Crippen molar-refractivity contribution in [3.8, 4) is 0 Å². The summed E-state index contributed by atoms with van der Waals surface area (Å²) in [5.74, 6) is -0.653. The zero-order valence-corrected chi connectivity index (χ0v) is 15.2. The summed E-state index contributed by atoms with van der Waals surface area (Å²) in [5.41, 5.74) is 0.783.